The Morgan fingerprint density at radius 3 is 2.06 bits per heavy atom. The normalized spacial score (nSPS) is 11.7. The Morgan fingerprint density at radius 1 is 0.912 bits per heavy atom. The van der Waals surface area contributed by atoms with Crippen molar-refractivity contribution in [1.82, 2.24) is 9.97 Å². The lowest BCUT2D eigenvalue weighted by Crippen LogP contribution is -2.22. The molecule has 0 bridgehead atoms. The number of methoxy groups -OCH3 is 2. The molecule has 1 heterocycles. The average Bonchev–Trinajstić information content (AvgIpc) is 3.31. The fraction of sp³-hybridized carbons (Fsp3) is 0.185. The molecule has 3 N–H and O–H groups in total. The molecule has 0 aliphatic rings. The Bertz CT molecular complexity index is 1160. The minimum atomic E-state index is -0.328. The first-order valence-corrected chi connectivity index (χ1v) is 11.9. The van der Waals surface area contributed by atoms with Crippen LogP contribution in [0.3, 0.4) is 0 Å². The zero-order valence-electron chi connectivity index (χ0n) is 19.2. The topological polar surface area (TPSA) is 90.2 Å². The number of imidazole rings is 1. The van der Waals surface area contributed by atoms with Gasteiger partial charge in [-0.25, -0.2) is 4.98 Å². The van der Waals surface area contributed by atoms with E-state index in [-0.39, 0.29) is 11.8 Å². The molecule has 0 radical (unpaired) electrons. The predicted molar refractivity (Wildman–Crippen MR) is 136 cm³/mol. The van der Waals surface area contributed by atoms with Crippen LogP contribution in [0.25, 0.3) is 22.5 Å². The fourth-order valence-corrected chi connectivity index (χ4v) is 4.65. The maximum Gasteiger partial charge on any atom is 0.224 e. The van der Waals surface area contributed by atoms with Crippen molar-refractivity contribution < 1.29 is 14.3 Å². The maximum absolute atomic E-state index is 12.0. The van der Waals surface area contributed by atoms with Crippen molar-refractivity contribution in [2.75, 3.05) is 20.0 Å². The number of benzene rings is 3. The van der Waals surface area contributed by atoms with E-state index in [0.29, 0.717) is 12.2 Å². The summed E-state index contributed by atoms with van der Waals surface area (Å²) in [5.41, 5.74) is 10.4. The van der Waals surface area contributed by atoms with Gasteiger partial charge in [0.15, 0.2) is 5.16 Å². The smallest absolute Gasteiger partial charge is 0.224 e. The summed E-state index contributed by atoms with van der Waals surface area (Å²) in [6, 6.07) is 25.4. The first-order chi connectivity index (χ1) is 16.6. The number of hydrogen-bond donors (Lipinski definition) is 2. The lowest BCUT2D eigenvalue weighted by Gasteiger charge is -2.12. The number of nitrogens with zero attached hydrogens (tertiary/aromatic N) is 1. The quantitative estimate of drug-likeness (QED) is 0.296. The van der Waals surface area contributed by atoms with Crippen molar-refractivity contribution in [3.05, 3.63) is 84.4 Å². The van der Waals surface area contributed by atoms with Gasteiger partial charge >= 0.3 is 0 Å². The second-order valence-electron chi connectivity index (χ2n) is 7.73. The summed E-state index contributed by atoms with van der Waals surface area (Å²) in [7, 11) is 3.30. The molecule has 0 aliphatic heterocycles. The summed E-state index contributed by atoms with van der Waals surface area (Å²) in [5.74, 6) is 1.63. The molecule has 3 aromatic carbocycles. The zero-order valence-corrected chi connectivity index (χ0v) is 20.0. The zero-order chi connectivity index (χ0) is 23.9. The molecule has 1 atom stereocenters. The summed E-state index contributed by atoms with van der Waals surface area (Å²) < 4.78 is 10.6. The number of nitrogens with two attached hydrogens (primary N) is 1. The van der Waals surface area contributed by atoms with Gasteiger partial charge in [-0.3, -0.25) is 4.79 Å². The highest BCUT2D eigenvalue weighted by Gasteiger charge is 2.19. The van der Waals surface area contributed by atoms with Crippen molar-refractivity contribution in [1.29, 1.82) is 0 Å². The van der Waals surface area contributed by atoms with Gasteiger partial charge in [0.1, 0.15) is 11.5 Å². The maximum atomic E-state index is 12.0. The van der Waals surface area contributed by atoms with Crippen LogP contribution < -0.4 is 15.2 Å². The number of thioether (sulfide) groups is 1. The third-order valence-electron chi connectivity index (χ3n) is 5.61. The predicted octanol–water partition coefficient (Wildman–Crippen LogP) is 5.51. The Hall–Kier alpha value is -3.71. The van der Waals surface area contributed by atoms with Gasteiger partial charge in [-0.05, 0) is 60.5 Å². The van der Waals surface area contributed by atoms with Gasteiger partial charge in [0, 0.05) is 16.9 Å². The number of aromatic amines is 1. The average molecular weight is 474 g/mol. The van der Waals surface area contributed by atoms with Gasteiger partial charge in [0.2, 0.25) is 5.91 Å². The molecular weight excluding hydrogens is 446 g/mol. The Morgan fingerprint density at radius 2 is 1.50 bits per heavy atom. The number of ether oxygens (including phenoxy) is 2. The number of nitrogens with one attached hydrogen (secondary N) is 1. The van der Waals surface area contributed by atoms with Crippen LogP contribution in [0.15, 0.2) is 84.0 Å². The molecule has 1 unspecified atom stereocenters. The molecular formula is C27H27N3O3S. The molecule has 4 rings (SSSR count). The van der Waals surface area contributed by atoms with Crippen LogP contribution in [0.2, 0.25) is 0 Å². The molecule has 0 saturated carbocycles. The molecule has 0 aliphatic carbocycles. The number of amides is 1. The molecule has 34 heavy (non-hydrogen) atoms. The van der Waals surface area contributed by atoms with Crippen LogP contribution in [0.4, 0.5) is 0 Å². The molecule has 7 heteroatoms. The molecule has 174 valence electrons. The first kappa shape index (κ1) is 23.4. The van der Waals surface area contributed by atoms with Crippen LogP contribution in [-0.2, 0) is 4.79 Å². The summed E-state index contributed by atoms with van der Waals surface area (Å²) in [4.78, 5) is 20.4. The lowest BCUT2D eigenvalue weighted by molar-refractivity contribution is -0.119. The second kappa shape index (κ2) is 10.9. The van der Waals surface area contributed by atoms with Gasteiger partial charge in [-0.15, -0.1) is 0 Å². The van der Waals surface area contributed by atoms with Crippen LogP contribution in [0, 0.1) is 0 Å². The van der Waals surface area contributed by atoms with E-state index in [1.807, 2.05) is 78.9 Å². The van der Waals surface area contributed by atoms with E-state index >= 15 is 0 Å². The summed E-state index contributed by atoms with van der Waals surface area (Å²) in [6.07, 6.45) is 0.625. The number of aromatic nitrogens is 2. The van der Waals surface area contributed by atoms with Crippen molar-refractivity contribution >= 4 is 17.7 Å². The SMILES string of the molecule is COc1ccc(-c2nc(SCCC(C(N)=O)c3ccccc3)[nH]c2-c2ccc(OC)cc2)cc1. The molecule has 6 nitrogen and oxygen atoms in total. The highest BCUT2D eigenvalue weighted by Crippen LogP contribution is 2.35. The van der Waals surface area contributed by atoms with Crippen molar-refractivity contribution in [3.63, 3.8) is 0 Å². The van der Waals surface area contributed by atoms with Crippen LogP contribution >= 0.6 is 11.8 Å². The Balaban J connectivity index is 1.58. The van der Waals surface area contributed by atoms with Crippen LogP contribution in [0.5, 0.6) is 11.5 Å². The number of H-pyrrole nitrogens is 1. The number of hydrogen-bond acceptors (Lipinski definition) is 5. The standard InChI is InChI=1S/C27H27N3O3S/c1-32-21-12-8-19(9-13-21)24-25(20-10-14-22(33-2)15-11-20)30-27(29-24)34-17-16-23(26(28)31)18-6-4-3-5-7-18/h3-15,23H,16-17H2,1-2H3,(H2,28,31)(H,29,30). The van der Waals surface area contributed by atoms with Crippen LogP contribution in [-0.4, -0.2) is 35.8 Å². The lowest BCUT2D eigenvalue weighted by atomic mass is 9.96. The van der Waals surface area contributed by atoms with Crippen molar-refractivity contribution in [2.45, 2.75) is 17.5 Å². The van der Waals surface area contributed by atoms with Crippen molar-refractivity contribution in [3.8, 4) is 34.0 Å². The number of carbonyl (C=O) groups is 1. The summed E-state index contributed by atoms with van der Waals surface area (Å²) in [5, 5.41) is 0.785. The summed E-state index contributed by atoms with van der Waals surface area (Å²) in [6.45, 7) is 0. The van der Waals surface area contributed by atoms with E-state index in [0.717, 1.165) is 44.7 Å². The van der Waals surface area contributed by atoms with Crippen molar-refractivity contribution in [2.24, 2.45) is 5.73 Å². The fourth-order valence-electron chi connectivity index (χ4n) is 3.78. The van der Waals surface area contributed by atoms with Gasteiger partial charge in [-0.1, -0.05) is 42.1 Å². The molecule has 1 amide bonds. The van der Waals surface area contributed by atoms with E-state index < -0.39 is 0 Å². The highest BCUT2D eigenvalue weighted by molar-refractivity contribution is 7.99. The molecule has 0 spiro atoms. The summed E-state index contributed by atoms with van der Waals surface area (Å²) >= 11 is 1.58. The van der Waals surface area contributed by atoms with Gasteiger partial charge in [0.05, 0.1) is 31.5 Å². The van der Waals surface area contributed by atoms with E-state index in [4.69, 9.17) is 20.2 Å². The Labute approximate surface area is 203 Å². The monoisotopic (exact) mass is 473 g/mol. The minimum Gasteiger partial charge on any atom is -0.497 e. The minimum absolute atomic E-state index is 0.316. The Kier molecular flexibility index (Phi) is 7.54. The first-order valence-electron chi connectivity index (χ1n) is 10.9. The van der Waals surface area contributed by atoms with Gasteiger partial charge in [-0.2, -0.15) is 0 Å². The number of carbonyl (C=O) groups excluding carboxylic acids is 1. The third-order valence-corrected chi connectivity index (χ3v) is 6.52. The van der Waals surface area contributed by atoms with E-state index in [2.05, 4.69) is 4.98 Å². The highest BCUT2D eigenvalue weighted by atomic mass is 32.2. The molecule has 0 saturated heterocycles. The molecule has 0 fully saturated rings. The third kappa shape index (κ3) is 5.43. The molecule has 4 aromatic rings. The molecule has 1 aromatic heterocycles. The van der Waals surface area contributed by atoms with E-state index in [1.165, 1.54) is 0 Å². The van der Waals surface area contributed by atoms with Crippen LogP contribution in [0.1, 0.15) is 17.9 Å². The largest absolute Gasteiger partial charge is 0.497 e. The van der Waals surface area contributed by atoms with E-state index in [1.54, 1.807) is 26.0 Å². The van der Waals surface area contributed by atoms with Gasteiger partial charge in [0.25, 0.3) is 0 Å². The number of primary amides is 1. The second-order valence-corrected chi connectivity index (χ2v) is 8.81. The van der Waals surface area contributed by atoms with Gasteiger partial charge < -0.3 is 20.2 Å². The van der Waals surface area contributed by atoms with E-state index in [9.17, 15) is 4.79 Å². The number of rotatable bonds is 10.